The Bertz CT molecular complexity index is 2020. The fourth-order valence-corrected chi connectivity index (χ4v) is 6.26. The number of carbonyl (C=O) groups is 4. The Morgan fingerprint density at radius 3 is 1.89 bits per heavy atom. The highest BCUT2D eigenvalue weighted by Crippen LogP contribution is 2.35. The minimum absolute atomic E-state index is 0.0424. The zero-order valence-corrected chi connectivity index (χ0v) is 32.3. The normalized spacial score (nSPS) is 17.0. The lowest BCUT2D eigenvalue weighted by Crippen LogP contribution is -2.36. The van der Waals surface area contributed by atoms with Gasteiger partial charge >= 0.3 is 0 Å². The van der Waals surface area contributed by atoms with Gasteiger partial charge in [-0.2, -0.15) is 0 Å². The maximum absolute atomic E-state index is 13.3. The molecule has 0 spiro atoms. The molecule has 2 aliphatic rings. The molecule has 280 valence electrons. The average Bonchev–Trinajstić information content (AvgIpc) is 3.60. The molecule has 3 aromatic carbocycles. The number of allylic oxidation sites excluding steroid dienone is 6. The number of imide groups is 2. The predicted octanol–water partition coefficient (Wildman–Crippen LogP) is 8.20. The minimum Gasteiger partial charge on any atom is -0.488 e. The van der Waals surface area contributed by atoms with Crippen molar-refractivity contribution < 1.29 is 28.7 Å². The van der Waals surface area contributed by atoms with Crippen LogP contribution >= 0.6 is 0 Å². The van der Waals surface area contributed by atoms with Crippen LogP contribution in [0.1, 0.15) is 75.8 Å². The van der Waals surface area contributed by atoms with E-state index in [1.54, 1.807) is 36.5 Å². The summed E-state index contributed by atoms with van der Waals surface area (Å²) in [5.74, 6) is 0.229. The van der Waals surface area contributed by atoms with Crippen molar-refractivity contribution in [3.8, 4) is 5.75 Å². The molecule has 9 heteroatoms. The molecular formula is C45H49N3O6. The number of amides is 4. The number of hydrogen-bond donors (Lipinski definition) is 1. The van der Waals surface area contributed by atoms with Gasteiger partial charge in [0.05, 0.1) is 17.8 Å². The van der Waals surface area contributed by atoms with E-state index in [-0.39, 0.29) is 35.7 Å². The molecule has 1 N–H and O–H groups in total. The summed E-state index contributed by atoms with van der Waals surface area (Å²) in [6, 6.07) is 18.1. The highest BCUT2D eigenvalue weighted by molar-refractivity contribution is 6.28. The van der Waals surface area contributed by atoms with Crippen molar-refractivity contribution >= 4 is 35.0 Å². The molecule has 9 nitrogen and oxygen atoms in total. The number of aryl methyl sites for hydroxylation is 2. The molecule has 0 saturated carbocycles. The van der Waals surface area contributed by atoms with Crippen LogP contribution in [-0.2, 0) is 35.9 Å². The van der Waals surface area contributed by atoms with Gasteiger partial charge in [-0.05, 0) is 150 Å². The number of nitrogens with one attached hydrogen (secondary N) is 1. The summed E-state index contributed by atoms with van der Waals surface area (Å²) in [7, 11) is 0. The van der Waals surface area contributed by atoms with Crippen LogP contribution in [0.25, 0.3) is 0 Å². The lowest BCUT2D eigenvalue weighted by Gasteiger charge is -2.30. The SMILES string of the molecule is C\C=C/C=C(\C=C/C=C/NC1CC(=O)N(c2ccc(Cc3ccc(N4C(=O)C=CC4=O)cc3)cc2)C1=O)OC(C)(C)c1cc(C)c(OC(C)(C)C)c(C)c1. The smallest absolute Gasteiger partial charge is 0.258 e. The molecule has 2 aliphatic heterocycles. The van der Waals surface area contributed by atoms with E-state index >= 15 is 0 Å². The van der Waals surface area contributed by atoms with Crippen molar-refractivity contribution in [1.29, 1.82) is 0 Å². The van der Waals surface area contributed by atoms with E-state index in [2.05, 4.69) is 17.4 Å². The molecule has 0 aromatic heterocycles. The molecule has 2 heterocycles. The van der Waals surface area contributed by atoms with Crippen molar-refractivity contribution in [3.05, 3.63) is 149 Å². The van der Waals surface area contributed by atoms with Gasteiger partial charge in [0.25, 0.3) is 17.7 Å². The Hall–Kier alpha value is -5.96. The van der Waals surface area contributed by atoms with Crippen LogP contribution in [0.3, 0.4) is 0 Å². The second-order valence-corrected chi connectivity index (χ2v) is 14.9. The van der Waals surface area contributed by atoms with Crippen molar-refractivity contribution in [2.75, 3.05) is 9.80 Å². The van der Waals surface area contributed by atoms with Gasteiger partial charge in [-0.1, -0.05) is 42.5 Å². The largest absolute Gasteiger partial charge is 0.488 e. The summed E-state index contributed by atoms with van der Waals surface area (Å²) in [6.45, 7) is 16.2. The maximum atomic E-state index is 13.3. The van der Waals surface area contributed by atoms with Crippen LogP contribution in [0.15, 0.2) is 121 Å². The van der Waals surface area contributed by atoms with E-state index in [1.165, 1.54) is 17.1 Å². The van der Waals surface area contributed by atoms with E-state index < -0.39 is 11.6 Å². The van der Waals surface area contributed by atoms with Crippen molar-refractivity contribution in [2.45, 2.75) is 85.5 Å². The van der Waals surface area contributed by atoms with Crippen LogP contribution in [0.4, 0.5) is 11.4 Å². The first kappa shape index (κ1) is 39.3. The highest BCUT2D eigenvalue weighted by atomic mass is 16.5. The van der Waals surface area contributed by atoms with E-state index in [0.717, 1.165) is 38.5 Å². The molecule has 4 amide bonds. The first-order valence-corrected chi connectivity index (χ1v) is 18.1. The maximum Gasteiger partial charge on any atom is 0.258 e. The second-order valence-electron chi connectivity index (χ2n) is 14.9. The number of nitrogens with zero attached hydrogens (tertiary/aromatic N) is 2. The summed E-state index contributed by atoms with van der Waals surface area (Å²) < 4.78 is 12.7. The minimum atomic E-state index is -0.685. The van der Waals surface area contributed by atoms with Crippen molar-refractivity contribution in [1.82, 2.24) is 5.32 Å². The highest BCUT2D eigenvalue weighted by Gasteiger charge is 2.39. The van der Waals surface area contributed by atoms with Gasteiger partial charge in [0.15, 0.2) is 0 Å². The van der Waals surface area contributed by atoms with Crippen molar-refractivity contribution in [2.24, 2.45) is 0 Å². The summed E-state index contributed by atoms with van der Waals surface area (Å²) in [4.78, 5) is 52.5. The van der Waals surface area contributed by atoms with E-state index in [0.29, 0.717) is 23.6 Å². The van der Waals surface area contributed by atoms with Gasteiger partial charge in [0.2, 0.25) is 5.91 Å². The molecular weight excluding hydrogens is 679 g/mol. The molecule has 0 aliphatic carbocycles. The summed E-state index contributed by atoms with van der Waals surface area (Å²) in [5, 5.41) is 3.08. The standard InChI is InChI=1S/C45H49N3O6/c1-9-10-13-37(53-45(7,8)34-26-30(2)42(31(3)27-34)54-44(4,5)6)14-11-12-25-46-38-29-41(51)48(43(38)52)36-21-17-33(18-22-36)28-32-15-19-35(20-16-32)47-39(49)23-24-40(47)50/h9-27,38,46H,28-29H2,1-8H3/b10-9-,14-11-,25-12+,37-13+. The Morgan fingerprint density at radius 1 is 0.796 bits per heavy atom. The van der Waals surface area contributed by atoms with Gasteiger partial charge in [0, 0.05) is 12.2 Å². The zero-order valence-electron chi connectivity index (χ0n) is 32.3. The van der Waals surface area contributed by atoms with Crippen LogP contribution in [0.2, 0.25) is 0 Å². The number of rotatable bonds is 13. The van der Waals surface area contributed by atoms with Gasteiger partial charge in [-0.15, -0.1) is 0 Å². The molecule has 1 unspecified atom stereocenters. The zero-order chi connectivity index (χ0) is 39.2. The first-order chi connectivity index (χ1) is 25.6. The quantitative estimate of drug-likeness (QED) is 0.108. The van der Waals surface area contributed by atoms with Gasteiger partial charge in [-0.25, -0.2) is 9.80 Å². The van der Waals surface area contributed by atoms with Gasteiger partial charge in [-0.3, -0.25) is 19.2 Å². The molecule has 0 bridgehead atoms. The monoisotopic (exact) mass is 727 g/mol. The topological polar surface area (TPSA) is 105 Å². The molecule has 3 aromatic rings. The summed E-state index contributed by atoms with van der Waals surface area (Å²) in [5.41, 5.74) is 5.17. The Kier molecular flexibility index (Phi) is 11.9. The lowest BCUT2D eigenvalue weighted by atomic mass is 9.93. The summed E-state index contributed by atoms with van der Waals surface area (Å²) >= 11 is 0. The number of benzene rings is 3. The number of ether oxygens (including phenoxy) is 2. The van der Waals surface area contributed by atoms with E-state index in [9.17, 15) is 19.2 Å². The lowest BCUT2D eigenvalue weighted by molar-refractivity contribution is -0.122. The van der Waals surface area contributed by atoms with E-state index in [1.807, 2.05) is 110 Å². The first-order valence-electron chi connectivity index (χ1n) is 18.1. The molecule has 5 rings (SSSR count). The molecule has 1 saturated heterocycles. The molecule has 0 radical (unpaired) electrons. The number of anilines is 2. The van der Waals surface area contributed by atoms with Gasteiger partial charge in [0.1, 0.15) is 28.8 Å². The number of carbonyl (C=O) groups excluding carboxylic acids is 4. The van der Waals surface area contributed by atoms with Crippen molar-refractivity contribution in [3.63, 3.8) is 0 Å². The Balaban J connectivity index is 1.17. The predicted molar refractivity (Wildman–Crippen MR) is 213 cm³/mol. The fourth-order valence-electron chi connectivity index (χ4n) is 6.26. The second kappa shape index (κ2) is 16.4. The number of hydrogen-bond acceptors (Lipinski definition) is 7. The third-order valence-corrected chi connectivity index (χ3v) is 8.91. The fraction of sp³-hybridized carbons (Fsp3) is 0.289. The third kappa shape index (κ3) is 9.52. The van der Waals surface area contributed by atoms with Crippen LogP contribution in [0.5, 0.6) is 5.75 Å². The Morgan fingerprint density at radius 2 is 1.35 bits per heavy atom. The van der Waals surface area contributed by atoms with Crippen LogP contribution in [-0.4, -0.2) is 35.3 Å². The van der Waals surface area contributed by atoms with Gasteiger partial charge < -0.3 is 14.8 Å². The van der Waals surface area contributed by atoms with E-state index in [4.69, 9.17) is 9.47 Å². The molecule has 1 atom stereocenters. The molecule has 1 fully saturated rings. The third-order valence-electron chi connectivity index (χ3n) is 8.91. The Labute approximate surface area is 318 Å². The van der Waals surface area contributed by atoms with Crippen LogP contribution in [0, 0.1) is 13.8 Å². The summed E-state index contributed by atoms with van der Waals surface area (Å²) in [6.07, 6.45) is 16.0. The average molecular weight is 728 g/mol. The molecule has 54 heavy (non-hydrogen) atoms. The van der Waals surface area contributed by atoms with Crippen LogP contribution < -0.4 is 19.9 Å².